The van der Waals surface area contributed by atoms with E-state index in [1.54, 1.807) is 6.92 Å². The molecule has 6 heteroatoms. The van der Waals surface area contributed by atoms with Crippen LogP contribution >= 0.6 is 11.6 Å². The molecule has 0 aliphatic heterocycles. The van der Waals surface area contributed by atoms with Gasteiger partial charge in [-0.1, -0.05) is 19.4 Å². The number of aryl methyl sites for hydroxylation is 1. The first kappa shape index (κ1) is 16.4. The Balaban J connectivity index is 3.14. The average molecular weight is 308 g/mol. The van der Waals surface area contributed by atoms with Crippen LogP contribution in [0.3, 0.4) is 0 Å². The van der Waals surface area contributed by atoms with Crippen LogP contribution in [0.25, 0.3) is 0 Å². The summed E-state index contributed by atoms with van der Waals surface area (Å²) < 4.78 is 39.6. The molecule has 0 aliphatic carbocycles. The first-order valence-corrected chi connectivity index (χ1v) is 8.23. The standard InChI is InChI=1S/C13H19ClFNO2S/c1-3-4-8-16(9-7-14)19(17,18)13-10-12(15)6-5-11(13)2/h5-6,10H,3-4,7-9H2,1-2H3. The van der Waals surface area contributed by atoms with Crippen LogP contribution in [0, 0.1) is 12.7 Å². The van der Waals surface area contributed by atoms with E-state index in [0.29, 0.717) is 12.1 Å². The fraction of sp³-hybridized carbons (Fsp3) is 0.538. The van der Waals surface area contributed by atoms with E-state index in [-0.39, 0.29) is 17.3 Å². The van der Waals surface area contributed by atoms with Crippen molar-refractivity contribution in [3.8, 4) is 0 Å². The predicted molar refractivity (Wildman–Crippen MR) is 75.5 cm³/mol. The summed E-state index contributed by atoms with van der Waals surface area (Å²) in [6.45, 7) is 4.28. The lowest BCUT2D eigenvalue weighted by Gasteiger charge is -2.22. The van der Waals surface area contributed by atoms with Gasteiger partial charge in [0.25, 0.3) is 0 Å². The Bertz CT molecular complexity index is 519. The minimum Gasteiger partial charge on any atom is -0.207 e. The van der Waals surface area contributed by atoms with E-state index in [1.165, 1.54) is 16.4 Å². The summed E-state index contributed by atoms with van der Waals surface area (Å²) in [4.78, 5) is 0.0220. The van der Waals surface area contributed by atoms with Crippen molar-refractivity contribution in [2.75, 3.05) is 19.0 Å². The van der Waals surface area contributed by atoms with Crippen molar-refractivity contribution in [2.45, 2.75) is 31.6 Å². The molecule has 0 N–H and O–H groups in total. The zero-order chi connectivity index (χ0) is 14.5. The molecule has 0 atom stereocenters. The summed E-state index contributed by atoms with van der Waals surface area (Å²) in [6.07, 6.45) is 1.64. The molecule has 0 amide bonds. The highest BCUT2D eigenvalue weighted by Crippen LogP contribution is 2.21. The first-order valence-electron chi connectivity index (χ1n) is 6.25. The van der Waals surface area contributed by atoms with Gasteiger partial charge in [0.2, 0.25) is 10.0 Å². The molecule has 0 fully saturated rings. The number of rotatable bonds is 7. The van der Waals surface area contributed by atoms with E-state index in [9.17, 15) is 12.8 Å². The third-order valence-electron chi connectivity index (χ3n) is 2.86. The Labute approximate surface area is 119 Å². The zero-order valence-electron chi connectivity index (χ0n) is 11.2. The molecular formula is C13H19ClFNO2S. The summed E-state index contributed by atoms with van der Waals surface area (Å²) in [5.74, 6) is -0.331. The van der Waals surface area contributed by atoms with E-state index in [4.69, 9.17) is 11.6 Å². The smallest absolute Gasteiger partial charge is 0.207 e. The van der Waals surface area contributed by atoms with E-state index >= 15 is 0 Å². The topological polar surface area (TPSA) is 37.4 Å². The number of unbranched alkanes of at least 4 members (excludes halogenated alkanes) is 1. The second-order valence-electron chi connectivity index (χ2n) is 4.36. The number of hydrogen-bond donors (Lipinski definition) is 0. The number of sulfonamides is 1. The van der Waals surface area contributed by atoms with Gasteiger partial charge in [-0.2, -0.15) is 4.31 Å². The van der Waals surface area contributed by atoms with Gasteiger partial charge >= 0.3 is 0 Å². The second-order valence-corrected chi connectivity index (χ2v) is 6.64. The highest BCUT2D eigenvalue weighted by Gasteiger charge is 2.25. The lowest BCUT2D eigenvalue weighted by molar-refractivity contribution is 0.419. The van der Waals surface area contributed by atoms with E-state index in [2.05, 4.69) is 0 Å². The minimum atomic E-state index is -3.68. The Morgan fingerprint density at radius 1 is 1.32 bits per heavy atom. The van der Waals surface area contributed by atoms with Gasteiger partial charge in [0, 0.05) is 19.0 Å². The van der Waals surface area contributed by atoms with Gasteiger partial charge in [0.1, 0.15) is 5.82 Å². The van der Waals surface area contributed by atoms with Crippen molar-refractivity contribution in [3.63, 3.8) is 0 Å². The van der Waals surface area contributed by atoms with Crippen molar-refractivity contribution in [2.24, 2.45) is 0 Å². The lowest BCUT2D eigenvalue weighted by atomic mass is 10.2. The van der Waals surface area contributed by atoms with Gasteiger partial charge in [-0.25, -0.2) is 12.8 Å². The summed E-state index contributed by atoms with van der Waals surface area (Å²) >= 11 is 5.66. The van der Waals surface area contributed by atoms with Crippen LogP contribution in [0.5, 0.6) is 0 Å². The second kappa shape index (κ2) is 7.22. The maximum Gasteiger partial charge on any atom is 0.243 e. The van der Waals surface area contributed by atoms with E-state index in [1.807, 2.05) is 6.92 Å². The van der Waals surface area contributed by atoms with Gasteiger partial charge < -0.3 is 0 Å². The fourth-order valence-corrected chi connectivity index (χ4v) is 3.79. The molecule has 1 rings (SSSR count). The molecule has 0 unspecified atom stereocenters. The monoisotopic (exact) mass is 307 g/mol. The van der Waals surface area contributed by atoms with Crippen LogP contribution < -0.4 is 0 Å². The van der Waals surface area contributed by atoms with Crippen LogP contribution in [0.1, 0.15) is 25.3 Å². The number of nitrogens with zero attached hydrogens (tertiary/aromatic N) is 1. The maximum absolute atomic E-state index is 13.3. The van der Waals surface area contributed by atoms with Crippen molar-refractivity contribution in [1.29, 1.82) is 0 Å². The van der Waals surface area contributed by atoms with Gasteiger partial charge in [0.05, 0.1) is 4.90 Å². The summed E-state index contributed by atoms with van der Waals surface area (Å²) in [6, 6.07) is 3.80. The van der Waals surface area contributed by atoms with Gasteiger partial charge in [-0.15, -0.1) is 11.6 Å². The molecule has 0 bridgehead atoms. The van der Waals surface area contributed by atoms with Crippen molar-refractivity contribution in [1.82, 2.24) is 4.31 Å². The molecule has 0 radical (unpaired) electrons. The van der Waals surface area contributed by atoms with E-state index in [0.717, 1.165) is 18.9 Å². The van der Waals surface area contributed by atoms with Crippen LogP contribution in [0.4, 0.5) is 4.39 Å². The summed E-state index contributed by atoms with van der Waals surface area (Å²) in [7, 11) is -3.68. The van der Waals surface area contributed by atoms with Crippen molar-refractivity contribution < 1.29 is 12.8 Å². The molecule has 0 aromatic heterocycles. The predicted octanol–water partition coefficient (Wildman–Crippen LogP) is 3.16. The molecule has 1 aromatic rings. The largest absolute Gasteiger partial charge is 0.243 e. The maximum atomic E-state index is 13.3. The molecule has 3 nitrogen and oxygen atoms in total. The molecule has 0 spiro atoms. The lowest BCUT2D eigenvalue weighted by Crippen LogP contribution is -2.34. The molecule has 108 valence electrons. The Hall–Kier alpha value is -0.650. The van der Waals surface area contributed by atoms with Crippen molar-refractivity contribution in [3.05, 3.63) is 29.6 Å². The quantitative estimate of drug-likeness (QED) is 0.726. The molecule has 0 aliphatic rings. The molecular weight excluding hydrogens is 289 g/mol. The van der Waals surface area contributed by atoms with Crippen LogP contribution in [0.15, 0.2) is 23.1 Å². The SMILES string of the molecule is CCCCN(CCCl)S(=O)(=O)c1cc(F)ccc1C. The van der Waals surface area contributed by atoms with Gasteiger partial charge in [-0.05, 0) is 31.0 Å². The minimum absolute atomic E-state index is 0.0220. The fourth-order valence-electron chi connectivity index (χ4n) is 1.77. The zero-order valence-corrected chi connectivity index (χ0v) is 12.8. The van der Waals surface area contributed by atoms with Gasteiger partial charge in [-0.3, -0.25) is 0 Å². The third-order valence-corrected chi connectivity index (χ3v) is 5.07. The Kier molecular flexibility index (Phi) is 6.23. The molecule has 0 saturated carbocycles. The van der Waals surface area contributed by atoms with E-state index < -0.39 is 15.8 Å². The van der Waals surface area contributed by atoms with Crippen LogP contribution in [-0.4, -0.2) is 31.7 Å². The normalized spacial score (nSPS) is 12.1. The Morgan fingerprint density at radius 3 is 2.58 bits per heavy atom. The summed E-state index contributed by atoms with van der Waals surface area (Å²) in [5, 5.41) is 0. The highest BCUT2D eigenvalue weighted by atomic mass is 35.5. The molecule has 0 saturated heterocycles. The average Bonchev–Trinajstić information content (AvgIpc) is 2.37. The first-order chi connectivity index (χ1) is 8.93. The number of alkyl halides is 1. The highest BCUT2D eigenvalue weighted by molar-refractivity contribution is 7.89. The van der Waals surface area contributed by atoms with Crippen molar-refractivity contribution >= 4 is 21.6 Å². The van der Waals surface area contributed by atoms with Crippen LogP contribution in [0.2, 0.25) is 0 Å². The molecule has 1 aromatic carbocycles. The summed E-state index contributed by atoms with van der Waals surface area (Å²) in [5.41, 5.74) is 0.539. The Morgan fingerprint density at radius 2 is 2.00 bits per heavy atom. The third kappa shape index (κ3) is 4.16. The number of benzene rings is 1. The number of halogens is 2. The number of hydrogen-bond acceptors (Lipinski definition) is 2. The van der Waals surface area contributed by atoms with Crippen LogP contribution in [-0.2, 0) is 10.0 Å². The molecule has 0 heterocycles. The molecule has 19 heavy (non-hydrogen) atoms. The van der Waals surface area contributed by atoms with Gasteiger partial charge in [0.15, 0.2) is 0 Å².